The van der Waals surface area contributed by atoms with Gasteiger partial charge in [0.1, 0.15) is 0 Å². The Balaban J connectivity index is 0.00000128. The van der Waals surface area contributed by atoms with Gasteiger partial charge in [-0.3, -0.25) is 0 Å². The fraction of sp³-hybridized carbons (Fsp3) is 0.273. The molecule has 0 N–H and O–H groups in total. The highest BCUT2D eigenvalue weighted by atomic mass is 127. The standard InChI is InChI=1S/C11H10F3S.HI/c1-2-9-7-8-5-3-4-6-10(8)15(9)11(12,13)14;/h3-7H,2H2,1H3;1H/q+1;/p-1. The highest BCUT2D eigenvalue weighted by molar-refractivity contribution is 7.38. The predicted molar refractivity (Wildman–Crippen MR) is 57.1 cm³/mol. The Kier molecular flexibility index (Phi) is 4.23. The van der Waals surface area contributed by atoms with Crippen molar-refractivity contribution in [2.45, 2.75) is 18.9 Å². The molecule has 16 heavy (non-hydrogen) atoms. The molecule has 0 amide bonds. The summed E-state index contributed by atoms with van der Waals surface area (Å²) < 4.78 is 39.0. The summed E-state index contributed by atoms with van der Waals surface area (Å²) in [5.41, 5.74) is -4.14. The number of thiophene rings is 1. The summed E-state index contributed by atoms with van der Waals surface area (Å²) in [6, 6.07) is 8.42. The van der Waals surface area contributed by atoms with Crippen molar-refractivity contribution in [2.24, 2.45) is 0 Å². The third kappa shape index (κ3) is 2.34. The van der Waals surface area contributed by atoms with Gasteiger partial charge in [0.05, 0.1) is 10.5 Å². The summed E-state index contributed by atoms with van der Waals surface area (Å²) in [5, 5.41) is 0.718. The minimum Gasteiger partial charge on any atom is -1.00 e. The second kappa shape index (κ2) is 4.91. The van der Waals surface area contributed by atoms with Crippen molar-refractivity contribution in [3.8, 4) is 0 Å². The van der Waals surface area contributed by atoms with Crippen LogP contribution < -0.4 is 24.0 Å². The van der Waals surface area contributed by atoms with Crippen LogP contribution in [0, 0.1) is 0 Å². The van der Waals surface area contributed by atoms with E-state index in [1.807, 2.05) is 0 Å². The van der Waals surface area contributed by atoms with Crippen molar-refractivity contribution in [1.29, 1.82) is 0 Å². The third-order valence-corrected chi connectivity index (χ3v) is 4.50. The van der Waals surface area contributed by atoms with Crippen LogP contribution in [0.15, 0.2) is 30.3 Å². The number of halogens is 4. The van der Waals surface area contributed by atoms with Crippen LogP contribution in [0.5, 0.6) is 0 Å². The van der Waals surface area contributed by atoms with E-state index < -0.39 is 16.0 Å². The average Bonchev–Trinajstić information content (AvgIpc) is 2.54. The zero-order valence-corrected chi connectivity index (χ0v) is 11.5. The lowest BCUT2D eigenvalue weighted by Crippen LogP contribution is -3.00. The molecule has 0 saturated carbocycles. The van der Waals surface area contributed by atoms with Crippen LogP contribution in [0.25, 0.3) is 10.1 Å². The molecule has 0 fully saturated rings. The maximum absolute atomic E-state index is 12.8. The molecule has 5 heteroatoms. The smallest absolute Gasteiger partial charge is 0.600 e. The predicted octanol–water partition coefficient (Wildman–Crippen LogP) is 1.63. The first-order valence-corrected chi connectivity index (χ1v) is 5.87. The number of hydrogen-bond donors (Lipinski definition) is 0. The summed E-state index contributed by atoms with van der Waals surface area (Å²) in [6.07, 6.45) is 0.456. The van der Waals surface area contributed by atoms with Crippen LogP contribution in [0.3, 0.4) is 0 Å². The number of fused-ring (bicyclic) bond motifs is 1. The Morgan fingerprint density at radius 3 is 2.38 bits per heavy atom. The maximum Gasteiger partial charge on any atom is 0.600 e. The van der Waals surface area contributed by atoms with Crippen LogP contribution in [-0.4, -0.2) is 0 Å². The molecule has 0 bridgehead atoms. The summed E-state index contributed by atoms with van der Waals surface area (Å²) in [4.78, 5) is 0.490. The van der Waals surface area contributed by atoms with Crippen LogP contribution in [0.2, 0.25) is 0 Å². The molecule has 1 atom stereocenters. The quantitative estimate of drug-likeness (QED) is 0.537. The summed E-state index contributed by atoms with van der Waals surface area (Å²) >= 11 is 0. The van der Waals surface area contributed by atoms with E-state index in [9.17, 15) is 13.2 Å². The Bertz CT molecular complexity index is 487. The molecule has 1 unspecified atom stereocenters. The zero-order valence-electron chi connectivity index (χ0n) is 8.51. The van der Waals surface area contributed by atoms with Gasteiger partial charge in [0.25, 0.3) is 0 Å². The van der Waals surface area contributed by atoms with Gasteiger partial charge in [-0.15, -0.1) is 13.2 Å². The lowest BCUT2D eigenvalue weighted by molar-refractivity contribution is -0.0867. The molecule has 0 spiro atoms. The molecule has 0 aliphatic rings. The maximum atomic E-state index is 12.8. The number of aryl methyl sites for hydroxylation is 1. The first kappa shape index (κ1) is 13.8. The normalized spacial score (nSPS) is 12.6. The van der Waals surface area contributed by atoms with Gasteiger partial charge in [-0.2, -0.15) is 0 Å². The minimum absolute atomic E-state index is 0. The van der Waals surface area contributed by atoms with Gasteiger partial charge in [0.2, 0.25) is 0 Å². The molecule has 0 radical (unpaired) electrons. The third-order valence-electron chi connectivity index (χ3n) is 2.30. The molecule has 2 aromatic rings. The average molecular weight is 358 g/mol. The van der Waals surface area contributed by atoms with Gasteiger partial charge in [-0.25, -0.2) is 0 Å². The van der Waals surface area contributed by atoms with E-state index in [0.717, 1.165) is 5.39 Å². The zero-order chi connectivity index (χ0) is 11.1. The van der Waals surface area contributed by atoms with E-state index in [-0.39, 0.29) is 24.0 Å². The molecule has 0 aliphatic heterocycles. The molecular formula is C11H10F3IS. The van der Waals surface area contributed by atoms with Gasteiger partial charge in [-0.05, 0) is 12.1 Å². The Hall–Kier alpha value is -0.300. The molecule has 0 saturated heterocycles. The first-order valence-electron chi connectivity index (χ1n) is 4.64. The van der Waals surface area contributed by atoms with Crippen molar-refractivity contribution in [3.63, 3.8) is 0 Å². The van der Waals surface area contributed by atoms with E-state index in [4.69, 9.17) is 0 Å². The van der Waals surface area contributed by atoms with Crippen molar-refractivity contribution < 1.29 is 37.1 Å². The Labute approximate surface area is 111 Å². The van der Waals surface area contributed by atoms with Crippen LogP contribution >= 0.6 is 10.5 Å². The second-order valence-electron chi connectivity index (χ2n) is 3.25. The van der Waals surface area contributed by atoms with Crippen molar-refractivity contribution in [2.75, 3.05) is 0 Å². The molecule has 1 heterocycles. The van der Waals surface area contributed by atoms with E-state index in [2.05, 4.69) is 0 Å². The Morgan fingerprint density at radius 2 is 1.81 bits per heavy atom. The van der Waals surface area contributed by atoms with E-state index in [1.54, 1.807) is 37.3 Å². The largest absolute Gasteiger partial charge is 1.00 e. The van der Waals surface area contributed by atoms with Crippen molar-refractivity contribution in [1.82, 2.24) is 0 Å². The number of benzene rings is 1. The number of rotatable bonds is 1. The van der Waals surface area contributed by atoms with E-state index >= 15 is 0 Å². The van der Waals surface area contributed by atoms with Crippen molar-refractivity contribution in [3.05, 3.63) is 35.2 Å². The minimum atomic E-state index is -4.14. The fourth-order valence-corrected chi connectivity index (χ4v) is 3.62. The summed E-state index contributed by atoms with van der Waals surface area (Å²) in [5.74, 6) is 0. The van der Waals surface area contributed by atoms with Crippen LogP contribution in [-0.2, 0) is 11.9 Å². The summed E-state index contributed by atoms with van der Waals surface area (Å²) in [6.45, 7) is 1.77. The molecular weight excluding hydrogens is 348 g/mol. The topological polar surface area (TPSA) is 0 Å². The van der Waals surface area contributed by atoms with Crippen molar-refractivity contribution >= 4 is 20.6 Å². The van der Waals surface area contributed by atoms with Gasteiger partial charge < -0.3 is 24.0 Å². The van der Waals surface area contributed by atoms with Gasteiger partial charge in [0, 0.05) is 17.9 Å². The van der Waals surface area contributed by atoms with Crippen LogP contribution in [0.1, 0.15) is 11.8 Å². The fourth-order valence-electron chi connectivity index (χ4n) is 1.68. The van der Waals surface area contributed by atoms with Gasteiger partial charge in [0.15, 0.2) is 9.58 Å². The summed E-state index contributed by atoms with van der Waals surface area (Å²) in [7, 11) is -1.70. The lowest BCUT2D eigenvalue weighted by Gasteiger charge is -1.97. The van der Waals surface area contributed by atoms with Crippen LogP contribution in [0.4, 0.5) is 13.2 Å². The number of hydrogen-bond acceptors (Lipinski definition) is 0. The molecule has 1 aromatic heterocycles. The molecule has 0 aliphatic carbocycles. The lowest BCUT2D eigenvalue weighted by atomic mass is 10.2. The molecule has 1 aromatic carbocycles. The second-order valence-corrected chi connectivity index (χ2v) is 5.29. The Morgan fingerprint density at radius 1 is 1.19 bits per heavy atom. The van der Waals surface area contributed by atoms with Gasteiger partial charge in [-0.1, -0.05) is 19.1 Å². The number of alkyl halides is 3. The molecule has 0 nitrogen and oxygen atoms in total. The highest BCUT2D eigenvalue weighted by Crippen LogP contribution is 2.50. The first-order chi connectivity index (χ1) is 7.04. The SMILES string of the molecule is CCc1cc2ccccc2[s+]1C(F)(F)F.[I-]. The van der Waals surface area contributed by atoms with Gasteiger partial charge >= 0.3 is 5.51 Å². The molecule has 2 rings (SSSR count). The molecule has 88 valence electrons. The van der Waals surface area contributed by atoms with E-state index in [1.165, 1.54) is 0 Å². The van der Waals surface area contributed by atoms with E-state index in [0.29, 0.717) is 16.0 Å². The monoisotopic (exact) mass is 358 g/mol. The highest BCUT2D eigenvalue weighted by Gasteiger charge is 2.47.